The molecule has 0 bridgehead atoms. The van der Waals surface area contributed by atoms with E-state index in [1.54, 1.807) is 0 Å². The number of nitrogens with two attached hydrogens (primary N) is 1. The lowest BCUT2D eigenvalue weighted by atomic mass is 9.89. The summed E-state index contributed by atoms with van der Waals surface area (Å²) in [6.07, 6.45) is 1.18. The molecule has 1 heterocycles. The third-order valence-corrected chi connectivity index (χ3v) is 4.08. The molecule has 1 saturated heterocycles. The van der Waals surface area contributed by atoms with E-state index in [4.69, 9.17) is 5.73 Å². The van der Waals surface area contributed by atoms with Crippen LogP contribution in [0.25, 0.3) is 0 Å². The highest BCUT2D eigenvalue weighted by molar-refractivity contribution is 8.00. The van der Waals surface area contributed by atoms with E-state index in [1.807, 2.05) is 11.8 Å². The first-order valence-electron chi connectivity index (χ1n) is 3.94. The van der Waals surface area contributed by atoms with Crippen LogP contribution in [-0.2, 0) is 0 Å². The van der Waals surface area contributed by atoms with Crippen LogP contribution in [0.3, 0.4) is 0 Å². The van der Waals surface area contributed by atoms with Crippen LogP contribution < -0.4 is 5.73 Å². The minimum atomic E-state index is 0.0961. The summed E-state index contributed by atoms with van der Waals surface area (Å²) in [4.78, 5) is 0. The normalized spacial score (nSPS) is 41.1. The monoisotopic (exact) mass is 159 g/mol. The number of hydrogen-bond acceptors (Lipinski definition) is 2. The second-order valence-corrected chi connectivity index (χ2v) is 5.04. The largest absolute Gasteiger partial charge is 0.324 e. The third-order valence-electron chi connectivity index (χ3n) is 2.19. The van der Waals surface area contributed by atoms with Crippen molar-refractivity contribution in [1.29, 1.82) is 0 Å². The smallest absolute Gasteiger partial charge is 0.0256 e. The Morgan fingerprint density at radius 2 is 2.20 bits per heavy atom. The van der Waals surface area contributed by atoms with Gasteiger partial charge >= 0.3 is 0 Å². The Labute approximate surface area is 67.8 Å². The van der Waals surface area contributed by atoms with E-state index in [2.05, 4.69) is 20.8 Å². The molecule has 2 unspecified atom stereocenters. The molecular weight excluding hydrogens is 142 g/mol. The summed E-state index contributed by atoms with van der Waals surface area (Å²) in [6, 6.07) is 0. The van der Waals surface area contributed by atoms with E-state index in [0.717, 1.165) is 5.92 Å². The first kappa shape index (κ1) is 8.41. The van der Waals surface area contributed by atoms with Crippen molar-refractivity contribution in [1.82, 2.24) is 0 Å². The third kappa shape index (κ3) is 1.48. The van der Waals surface area contributed by atoms with E-state index in [9.17, 15) is 0 Å². The highest BCUT2D eigenvalue weighted by Gasteiger charge is 2.37. The van der Waals surface area contributed by atoms with Gasteiger partial charge in [0.2, 0.25) is 0 Å². The Hall–Kier alpha value is 0.310. The fourth-order valence-corrected chi connectivity index (χ4v) is 3.39. The number of rotatable bonds is 1. The summed E-state index contributed by atoms with van der Waals surface area (Å²) in [5.74, 6) is 1.97. The van der Waals surface area contributed by atoms with Crippen molar-refractivity contribution in [2.24, 2.45) is 11.7 Å². The number of thioether (sulfide) groups is 1. The molecule has 1 fully saturated rings. The van der Waals surface area contributed by atoms with Crippen LogP contribution in [0.2, 0.25) is 0 Å². The van der Waals surface area contributed by atoms with E-state index >= 15 is 0 Å². The average Bonchev–Trinajstić information content (AvgIpc) is 2.08. The minimum absolute atomic E-state index is 0.0961. The predicted octanol–water partition coefficient (Wildman–Crippen LogP) is 1.87. The molecule has 0 amide bonds. The lowest BCUT2D eigenvalue weighted by molar-refractivity contribution is 0.394. The van der Waals surface area contributed by atoms with E-state index < -0.39 is 0 Å². The minimum Gasteiger partial charge on any atom is -0.324 e. The van der Waals surface area contributed by atoms with Crippen LogP contribution in [0.1, 0.15) is 27.2 Å². The van der Waals surface area contributed by atoms with Crippen LogP contribution in [0.5, 0.6) is 0 Å². The van der Waals surface area contributed by atoms with Crippen LogP contribution in [-0.4, -0.2) is 16.5 Å². The molecule has 1 aliphatic heterocycles. The zero-order chi connectivity index (χ0) is 7.78. The van der Waals surface area contributed by atoms with Crippen LogP contribution in [0, 0.1) is 5.92 Å². The Bertz CT molecular complexity index is 120. The molecule has 0 aromatic carbocycles. The van der Waals surface area contributed by atoms with Gasteiger partial charge in [0.15, 0.2) is 0 Å². The van der Waals surface area contributed by atoms with Gasteiger partial charge in [0.05, 0.1) is 0 Å². The molecule has 2 heteroatoms. The molecule has 1 rings (SSSR count). The average molecular weight is 159 g/mol. The van der Waals surface area contributed by atoms with Gasteiger partial charge in [-0.3, -0.25) is 0 Å². The maximum Gasteiger partial charge on any atom is 0.0256 e. The molecule has 10 heavy (non-hydrogen) atoms. The van der Waals surface area contributed by atoms with Gasteiger partial charge in [0, 0.05) is 10.8 Å². The van der Waals surface area contributed by atoms with Gasteiger partial charge in [0.25, 0.3) is 0 Å². The lowest BCUT2D eigenvalue weighted by Crippen LogP contribution is -2.45. The topological polar surface area (TPSA) is 26.0 Å². The van der Waals surface area contributed by atoms with Crippen LogP contribution >= 0.6 is 11.8 Å². The van der Waals surface area contributed by atoms with Gasteiger partial charge in [-0.1, -0.05) is 13.8 Å². The second-order valence-electron chi connectivity index (χ2n) is 3.79. The SMILES string of the molecule is CC(C)C1SCCC1(C)N. The quantitative estimate of drug-likeness (QED) is 0.632. The molecule has 2 N–H and O–H groups in total. The first-order chi connectivity index (χ1) is 4.54. The molecule has 1 aliphatic rings. The fourth-order valence-electron chi connectivity index (χ4n) is 1.69. The zero-order valence-electron chi connectivity index (χ0n) is 7.05. The van der Waals surface area contributed by atoms with Gasteiger partial charge in [-0.2, -0.15) is 11.8 Å². The summed E-state index contributed by atoms with van der Waals surface area (Å²) < 4.78 is 0. The van der Waals surface area contributed by atoms with Crippen molar-refractivity contribution in [3.63, 3.8) is 0 Å². The molecule has 0 saturated carbocycles. The predicted molar refractivity (Wildman–Crippen MR) is 48.3 cm³/mol. The molecule has 0 aromatic heterocycles. The Morgan fingerprint density at radius 1 is 1.60 bits per heavy atom. The van der Waals surface area contributed by atoms with Gasteiger partial charge < -0.3 is 5.73 Å². The zero-order valence-corrected chi connectivity index (χ0v) is 7.87. The summed E-state index contributed by atoms with van der Waals surface area (Å²) in [5.41, 5.74) is 6.20. The highest BCUT2D eigenvalue weighted by atomic mass is 32.2. The molecule has 2 atom stereocenters. The highest BCUT2D eigenvalue weighted by Crippen LogP contribution is 2.37. The Kier molecular flexibility index (Phi) is 2.31. The second kappa shape index (κ2) is 2.74. The van der Waals surface area contributed by atoms with Crippen LogP contribution in [0.4, 0.5) is 0 Å². The standard InChI is InChI=1S/C8H17NS/c1-6(2)7-8(3,9)4-5-10-7/h6-7H,4-5,9H2,1-3H3. The van der Waals surface area contributed by atoms with Gasteiger partial charge in [-0.05, 0) is 25.0 Å². The first-order valence-corrected chi connectivity index (χ1v) is 4.99. The van der Waals surface area contributed by atoms with Gasteiger partial charge in [-0.15, -0.1) is 0 Å². The maximum atomic E-state index is 6.10. The van der Waals surface area contributed by atoms with E-state index in [1.165, 1.54) is 12.2 Å². The van der Waals surface area contributed by atoms with Crippen molar-refractivity contribution < 1.29 is 0 Å². The van der Waals surface area contributed by atoms with Crippen molar-refractivity contribution in [2.75, 3.05) is 5.75 Å². The Balaban J connectivity index is 2.59. The maximum absolute atomic E-state index is 6.10. The van der Waals surface area contributed by atoms with Crippen molar-refractivity contribution in [3.8, 4) is 0 Å². The van der Waals surface area contributed by atoms with E-state index in [0.29, 0.717) is 5.25 Å². The number of hydrogen-bond donors (Lipinski definition) is 1. The molecule has 0 aliphatic carbocycles. The molecular formula is C8H17NS. The molecule has 0 spiro atoms. The summed E-state index contributed by atoms with van der Waals surface area (Å²) >= 11 is 2.03. The molecule has 0 aromatic rings. The lowest BCUT2D eigenvalue weighted by Gasteiger charge is -2.28. The Morgan fingerprint density at radius 3 is 2.40 bits per heavy atom. The van der Waals surface area contributed by atoms with Crippen molar-refractivity contribution >= 4 is 11.8 Å². The molecule has 0 radical (unpaired) electrons. The van der Waals surface area contributed by atoms with Crippen molar-refractivity contribution in [3.05, 3.63) is 0 Å². The molecule has 60 valence electrons. The van der Waals surface area contributed by atoms with Gasteiger partial charge in [0.1, 0.15) is 0 Å². The summed E-state index contributed by atoms with van der Waals surface area (Å²) in [7, 11) is 0. The fraction of sp³-hybridized carbons (Fsp3) is 1.00. The molecule has 1 nitrogen and oxygen atoms in total. The van der Waals surface area contributed by atoms with Crippen LogP contribution in [0.15, 0.2) is 0 Å². The summed E-state index contributed by atoms with van der Waals surface area (Å²) in [5, 5.41) is 0.674. The van der Waals surface area contributed by atoms with Gasteiger partial charge in [-0.25, -0.2) is 0 Å². The summed E-state index contributed by atoms with van der Waals surface area (Å²) in [6.45, 7) is 6.69. The van der Waals surface area contributed by atoms with E-state index in [-0.39, 0.29) is 5.54 Å². The van der Waals surface area contributed by atoms with Crippen molar-refractivity contribution in [2.45, 2.75) is 38.0 Å².